The molecule has 0 radical (unpaired) electrons. The minimum absolute atomic E-state index is 0.0701. The molecule has 3 N–H and O–H groups in total. The first-order valence-corrected chi connectivity index (χ1v) is 6.44. The minimum atomic E-state index is -0.905. The van der Waals surface area contributed by atoms with Gasteiger partial charge in [-0.3, -0.25) is 4.79 Å². The highest BCUT2D eigenvalue weighted by molar-refractivity contribution is 5.89. The van der Waals surface area contributed by atoms with Crippen molar-refractivity contribution in [2.75, 3.05) is 18.5 Å². The van der Waals surface area contributed by atoms with Gasteiger partial charge in [0.1, 0.15) is 0 Å². The highest BCUT2D eigenvalue weighted by Gasteiger charge is 2.04. The number of rotatable bonds is 7. The summed E-state index contributed by atoms with van der Waals surface area (Å²) < 4.78 is 5.30. The fourth-order valence-electron chi connectivity index (χ4n) is 1.57. The fourth-order valence-corrected chi connectivity index (χ4v) is 1.57. The number of carbonyl (C=O) groups excluding carboxylic acids is 1. The zero-order valence-electron chi connectivity index (χ0n) is 11.7. The van der Waals surface area contributed by atoms with Crippen molar-refractivity contribution < 1.29 is 19.4 Å². The largest absolute Gasteiger partial charge is 0.481 e. The summed E-state index contributed by atoms with van der Waals surface area (Å²) in [5, 5.41) is 14.0. The molecule has 0 aliphatic rings. The molecular weight excluding hydrogens is 260 g/mol. The number of anilines is 1. The quantitative estimate of drug-likeness (QED) is 0.665. The Morgan fingerprint density at radius 1 is 1.35 bits per heavy atom. The van der Waals surface area contributed by atoms with E-state index in [1.807, 2.05) is 13.8 Å². The molecule has 1 rings (SSSR count). The number of ether oxygens (including phenoxy) is 1. The summed E-state index contributed by atoms with van der Waals surface area (Å²) in [5.41, 5.74) is 1.20. The SMILES string of the molecule is CC(C)OCCNC(=O)Nc1cccc(CC(=O)O)c1. The van der Waals surface area contributed by atoms with Gasteiger partial charge in [-0.05, 0) is 31.5 Å². The van der Waals surface area contributed by atoms with Crippen LogP contribution in [0.1, 0.15) is 19.4 Å². The predicted molar refractivity (Wildman–Crippen MR) is 75.9 cm³/mol. The van der Waals surface area contributed by atoms with Crippen molar-refractivity contribution in [3.63, 3.8) is 0 Å². The van der Waals surface area contributed by atoms with E-state index >= 15 is 0 Å². The summed E-state index contributed by atoms with van der Waals surface area (Å²) in [4.78, 5) is 22.2. The lowest BCUT2D eigenvalue weighted by atomic mass is 10.1. The number of benzene rings is 1. The van der Waals surface area contributed by atoms with Crippen molar-refractivity contribution in [3.05, 3.63) is 29.8 Å². The van der Waals surface area contributed by atoms with Crippen LogP contribution in [0, 0.1) is 0 Å². The van der Waals surface area contributed by atoms with Gasteiger partial charge in [-0.2, -0.15) is 0 Å². The first-order valence-electron chi connectivity index (χ1n) is 6.44. The molecular formula is C14H20N2O4. The molecule has 0 aromatic heterocycles. The summed E-state index contributed by atoms with van der Waals surface area (Å²) in [6.07, 6.45) is 0.0619. The third-order valence-corrected chi connectivity index (χ3v) is 2.38. The Morgan fingerprint density at radius 2 is 2.10 bits per heavy atom. The van der Waals surface area contributed by atoms with Gasteiger partial charge in [-0.15, -0.1) is 0 Å². The molecule has 0 bridgehead atoms. The number of hydrogen-bond acceptors (Lipinski definition) is 3. The second-order valence-electron chi connectivity index (χ2n) is 4.57. The Bertz CT molecular complexity index is 460. The summed E-state index contributed by atoms with van der Waals surface area (Å²) in [6, 6.07) is 6.40. The molecule has 0 unspecified atom stereocenters. The van der Waals surface area contributed by atoms with Crippen LogP contribution in [0.4, 0.5) is 10.5 Å². The van der Waals surface area contributed by atoms with E-state index in [-0.39, 0.29) is 18.6 Å². The van der Waals surface area contributed by atoms with Gasteiger partial charge in [0.2, 0.25) is 0 Å². The Morgan fingerprint density at radius 3 is 2.75 bits per heavy atom. The van der Waals surface area contributed by atoms with E-state index in [1.165, 1.54) is 0 Å². The van der Waals surface area contributed by atoms with E-state index in [9.17, 15) is 9.59 Å². The van der Waals surface area contributed by atoms with Crippen molar-refractivity contribution in [1.29, 1.82) is 0 Å². The summed E-state index contributed by atoms with van der Waals surface area (Å²) >= 11 is 0. The average molecular weight is 280 g/mol. The monoisotopic (exact) mass is 280 g/mol. The molecule has 0 aliphatic carbocycles. The maximum absolute atomic E-state index is 11.6. The molecule has 6 nitrogen and oxygen atoms in total. The first-order chi connectivity index (χ1) is 9.47. The zero-order chi connectivity index (χ0) is 15.0. The van der Waals surface area contributed by atoms with E-state index in [0.717, 1.165) is 0 Å². The summed E-state index contributed by atoms with van der Waals surface area (Å²) in [6.45, 7) is 4.71. The van der Waals surface area contributed by atoms with E-state index in [0.29, 0.717) is 24.4 Å². The molecule has 0 heterocycles. The molecule has 0 fully saturated rings. The standard InChI is InChI=1S/C14H20N2O4/c1-10(2)20-7-6-15-14(19)16-12-5-3-4-11(8-12)9-13(17)18/h3-5,8,10H,6-7,9H2,1-2H3,(H,17,18)(H2,15,16,19). The van der Waals surface area contributed by atoms with Crippen LogP contribution in [0.15, 0.2) is 24.3 Å². The van der Waals surface area contributed by atoms with Crippen LogP contribution in [0.5, 0.6) is 0 Å². The van der Waals surface area contributed by atoms with Gasteiger partial charge in [0.25, 0.3) is 0 Å². The van der Waals surface area contributed by atoms with Crippen molar-refractivity contribution >= 4 is 17.7 Å². The third kappa shape index (κ3) is 6.75. The average Bonchev–Trinajstić information content (AvgIpc) is 2.34. The van der Waals surface area contributed by atoms with E-state index in [1.54, 1.807) is 24.3 Å². The highest BCUT2D eigenvalue weighted by atomic mass is 16.5. The van der Waals surface area contributed by atoms with Gasteiger partial charge >= 0.3 is 12.0 Å². The van der Waals surface area contributed by atoms with Gasteiger partial charge in [0.05, 0.1) is 19.1 Å². The van der Waals surface area contributed by atoms with Crippen LogP contribution in [0.2, 0.25) is 0 Å². The van der Waals surface area contributed by atoms with Crippen LogP contribution in [-0.4, -0.2) is 36.4 Å². The molecule has 0 saturated heterocycles. The van der Waals surface area contributed by atoms with Gasteiger partial charge in [0, 0.05) is 12.2 Å². The highest BCUT2D eigenvalue weighted by Crippen LogP contribution is 2.11. The number of nitrogens with one attached hydrogen (secondary N) is 2. The summed E-state index contributed by atoms with van der Waals surface area (Å²) in [7, 11) is 0. The first kappa shape index (κ1) is 16.0. The number of hydrogen-bond donors (Lipinski definition) is 3. The molecule has 1 aromatic carbocycles. The second-order valence-corrected chi connectivity index (χ2v) is 4.57. The molecule has 0 atom stereocenters. The molecule has 6 heteroatoms. The zero-order valence-corrected chi connectivity index (χ0v) is 11.7. The lowest BCUT2D eigenvalue weighted by Gasteiger charge is -2.10. The number of carboxylic acid groups (broad SMARTS) is 1. The second kappa shape index (κ2) is 8.16. The van der Waals surface area contributed by atoms with Crippen molar-refractivity contribution in [2.24, 2.45) is 0 Å². The van der Waals surface area contributed by atoms with E-state index in [2.05, 4.69) is 10.6 Å². The molecule has 0 aliphatic heterocycles. The Balaban J connectivity index is 2.39. The fraction of sp³-hybridized carbons (Fsp3) is 0.429. The minimum Gasteiger partial charge on any atom is -0.481 e. The Kier molecular flexibility index (Phi) is 6.52. The Labute approximate surface area is 118 Å². The van der Waals surface area contributed by atoms with Gasteiger partial charge in [-0.1, -0.05) is 12.1 Å². The number of carbonyl (C=O) groups is 2. The lowest BCUT2D eigenvalue weighted by Crippen LogP contribution is -2.32. The van der Waals surface area contributed by atoms with Crippen LogP contribution in [0.3, 0.4) is 0 Å². The molecule has 110 valence electrons. The van der Waals surface area contributed by atoms with E-state index in [4.69, 9.17) is 9.84 Å². The van der Waals surface area contributed by atoms with Gasteiger partial charge in [-0.25, -0.2) is 4.79 Å². The Hall–Kier alpha value is -2.08. The molecule has 0 spiro atoms. The maximum Gasteiger partial charge on any atom is 0.319 e. The van der Waals surface area contributed by atoms with E-state index < -0.39 is 5.97 Å². The number of carboxylic acids is 1. The van der Waals surface area contributed by atoms with Crippen molar-refractivity contribution in [1.82, 2.24) is 5.32 Å². The van der Waals surface area contributed by atoms with Crippen molar-refractivity contribution in [2.45, 2.75) is 26.4 Å². The van der Waals surface area contributed by atoms with Crippen molar-refractivity contribution in [3.8, 4) is 0 Å². The van der Waals surface area contributed by atoms with Crippen LogP contribution in [-0.2, 0) is 16.0 Å². The van der Waals surface area contributed by atoms with Crippen LogP contribution < -0.4 is 10.6 Å². The van der Waals surface area contributed by atoms with Crippen LogP contribution >= 0.6 is 0 Å². The lowest BCUT2D eigenvalue weighted by molar-refractivity contribution is -0.136. The number of urea groups is 1. The summed E-state index contributed by atoms with van der Waals surface area (Å²) in [5.74, 6) is -0.905. The predicted octanol–water partition coefficient (Wildman–Crippen LogP) is 1.86. The number of amides is 2. The molecule has 20 heavy (non-hydrogen) atoms. The maximum atomic E-state index is 11.6. The third-order valence-electron chi connectivity index (χ3n) is 2.38. The molecule has 1 aromatic rings. The molecule has 2 amide bonds. The molecule has 0 saturated carbocycles. The topological polar surface area (TPSA) is 87.7 Å². The van der Waals surface area contributed by atoms with Gasteiger partial charge in [0.15, 0.2) is 0 Å². The van der Waals surface area contributed by atoms with Crippen LogP contribution in [0.25, 0.3) is 0 Å². The number of aliphatic carboxylic acids is 1. The van der Waals surface area contributed by atoms with Gasteiger partial charge < -0.3 is 20.5 Å². The smallest absolute Gasteiger partial charge is 0.319 e. The normalized spacial score (nSPS) is 10.3.